The second-order valence-electron chi connectivity index (χ2n) is 4.45. The zero-order chi connectivity index (χ0) is 26.5. The first-order chi connectivity index (χ1) is 14.7. The molecule has 0 aliphatic carbocycles. The Balaban J connectivity index is -0.000000105. The summed E-state index contributed by atoms with van der Waals surface area (Å²) in [5, 5.41) is 0. The first-order valence-corrected chi connectivity index (χ1v) is 14.7. The second-order valence-corrected chi connectivity index (χ2v) is 13.3. The average molecular weight is 597 g/mol. The minimum atomic E-state index is -3.42. The molecule has 33 heavy (non-hydrogen) atoms. The van der Waals surface area contributed by atoms with Crippen LogP contribution in [0, 0.1) is 0 Å². The van der Waals surface area contributed by atoms with E-state index in [1.165, 1.54) is 85.3 Å². The van der Waals surface area contributed by atoms with Gasteiger partial charge in [0.1, 0.15) is 0 Å². The maximum absolute atomic E-state index is 10.7. The van der Waals surface area contributed by atoms with Gasteiger partial charge in [0.2, 0.25) is 0 Å². The smallest absolute Gasteiger partial charge is 0.793 e. The summed E-state index contributed by atoms with van der Waals surface area (Å²) in [5.41, 5.74) is 0. The molecule has 200 valence electrons. The second kappa shape index (κ2) is 24.6. The molecular weight excluding hydrogens is 560 g/mol. The third-order valence-electron chi connectivity index (χ3n) is 3.00. The van der Waals surface area contributed by atoms with Gasteiger partial charge in [-0.25, -0.2) is 0 Å². The summed E-state index contributed by atoms with van der Waals surface area (Å²) in [6.07, 6.45) is 0. The Morgan fingerprint density at radius 2 is 0.333 bits per heavy atom. The van der Waals surface area contributed by atoms with Crippen LogP contribution < -0.4 is 19.2 Å². The zero-order valence-corrected chi connectivity index (χ0v) is 26.6. The Morgan fingerprint density at radius 3 is 0.333 bits per heavy atom. The third-order valence-corrected chi connectivity index (χ3v) is 9.00. The SMILES string of the molecule is CO[Si]([O-])(OC)OC.CO[Si]([O-])(OC)OC.CO[Si]([O-])(OC)OC.CO[Si]([O-])(OC)OC.[Ti+4]. The van der Waals surface area contributed by atoms with Crippen LogP contribution in [0.2, 0.25) is 0 Å². The molecule has 0 aromatic carbocycles. The monoisotopic (exact) mass is 596 g/mol. The molecule has 0 N–H and O–H groups in total. The van der Waals surface area contributed by atoms with Gasteiger partial charge in [0, 0.05) is 85.3 Å². The van der Waals surface area contributed by atoms with Crippen molar-refractivity contribution >= 4 is 36.2 Å². The normalized spacial score (nSPS) is 11.6. The maximum Gasteiger partial charge on any atom is 4.00 e. The minimum absolute atomic E-state index is 0. The molecule has 0 unspecified atom stereocenters. The van der Waals surface area contributed by atoms with Gasteiger partial charge in [-0.05, 0) is 0 Å². The van der Waals surface area contributed by atoms with Crippen molar-refractivity contribution in [1.82, 2.24) is 0 Å². The molecule has 16 nitrogen and oxygen atoms in total. The van der Waals surface area contributed by atoms with Crippen molar-refractivity contribution in [2.75, 3.05) is 85.3 Å². The summed E-state index contributed by atoms with van der Waals surface area (Å²) >= 11 is 0. The summed E-state index contributed by atoms with van der Waals surface area (Å²) in [6.45, 7) is 0. The fourth-order valence-electron chi connectivity index (χ4n) is 1.00. The van der Waals surface area contributed by atoms with Crippen LogP contribution in [0.25, 0.3) is 0 Å². The molecule has 0 bridgehead atoms. The Bertz CT molecular complexity index is 295. The van der Waals surface area contributed by atoms with Crippen molar-refractivity contribution < 1.29 is 94.0 Å². The third kappa shape index (κ3) is 23.1. The van der Waals surface area contributed by atoms with E-state index >= 15 is 0 Å². The fraction of sp³-hybridized carbons (Fsp3) is 1.00. The molecular formula is C12H36O16Si4Ti. The van der Waals surface area contributed by atoms with Crippen LogP contribution in [-0.4, -0.2) is 122 Å². The van der Waals surface area contributed by atoms with E-state index in [9.17, 15) is 19.2 Å². The van der Waals surface area contributed by atoms with Crippen molar-refractivity contribution in [3.8, 4) is 0 Å². The molecule has 0 radical (unpaired) electrons. The largest absolute Gasteiger partial charge is 4.00 e. The summed E-state index contributed by atoms with van der Waals surface area (Å²) < 4.78 is 52.5. The van der Waals surface area contributed by atoms with E-state index in [1.54, 1.807) is 0 Å². The number of hydrogen-bond acceptors (Lipinski definition) is 16. The van der Waals surface area contributed by atoms with Gasteiger partial charge in [-0.3, -0.25) is 0 Å². The molecule has 21 heteroatoms. The van der Waals surface area contributed by atoms with Gasteiger partial charge < -0.3 is 72.3 Å². The molecule has 0 heterocycles. The summed E-state index contributed by atoms with van der Waals surface area (Å²) in [5.74, 6) is 0. The van der Waals surface area contributed by atoms with Crippen LogP contribution in [0.5, 0.6) is 0 Å². The Labute approximate surface area is 215 Å². The molecule has 0 rings (SSSR count). The van der Waals surface area contributed by atoms with Gasteiger partial charge in [0.05, 0.1) is 0 Å². The van der Waals surface area contributed by atoms with Gasteiger partial charge in [-0.2, -0.15) is 0 Å². The Kier molecular flexibility index (Phi) is 32.8. The van der Waals surface area contributed by atoms with E-state index < -0.39 is 36.2 Å². The van der Waals surface area contributed by atoms with E-state index in [-0.39, 0.29) is 21.7 Å². The average Bonchev–Trinajstić information content (AvgIpc) is 2.87. The van der Waals surface area contributed by atoms with Gasteiger partial charge in [-0.15, -0.1) is 0 Å². The quantitative estimate of drug-likeness (QED) is 0.193. The number of hydrogen-bond donors (Lipinski definition) is 0. The van der Waals surface area contributed by atoms with Crippen molar-refractivity contribution in [3.05, 3.63) is 0 Å². The molecule has 0 aromatic rings. The van der Waals surface area contributed by atoms with Gasteiger partial charge in [-0.1, -0.05) is 0 Å². The topological polar surface area (TPSA) is 203 Å². The van der Waals surface area contributed by atoms with E-state index in [4.69, 9.17) is 0 Å². The van der Waals surface area contributed by atoms with Crippen LogP contribution >= 0.6 is 0 Å². The van der Waals surface area contributed by atoms with Crippen LogP contribution in [0.15, 0.2) is 0 Å². The first kappa shape index (κ1) is 44.0. The van der Waals surface area contributed by atoms with Gasteiger partial charge in [0.25, 0.3) is 0 Å². The standard InChI is InChI=1S/4C3H9O4Si.Ti/c4*1-5-8(4,6-2)7-3;/h4*1-3H3;/q4*-1;+4. The van der Waals surface area contributed by atoms with Crippen LogP contribution in [0.4, 0.5) is 0 Å². The molecule has 0 spiro atoms. The molecule has 0 saturated carbocycles. The first-order valence-electron chi connectivity index (χ1n) is 8.16. The molecule has 0 amide bonds. The Morgan fingerprint density at radius 1 is 0.273 bits per heavy atom. The van der Waals surface area contributed by atoms with Crippen LogP contribution in [0.3, 0.4) is 0 Å². The summed E-state index contributed by atoms with van der Waals surface area (Å²) in [4.78, 5) is 42.7. The Hall–Kier alpha value is 0.942. The maximum atomic E-state index is 10.7. The molecule has 0 aliphatic rings. The minimum Gasteiger partial charge on any atom is -0.793 e. The predicted molar refractivity (Wildman–Crippen MR) is 107 cm³/mol. The van der Waals surface area contributed by atoms with Crippen molar-refractivity contribution in [2.24, 2.45) is 0 Å². The molecule has 0 aliphatic heterocycles. The van der Waals surface area contributed by atoms with Crippen LogP contribution in [0.1, 0.15) is 0 Å². The van der Waals surface area contributed by atoms with Gasteiger partial charge >= 0.3 is 57.9 Å². The molecule has 0 saturated heterocycles. The molecule has 0 fully saturated rings. The van der Waals surface area contributed by atoms with Crippen molar-refractivity contribution in [2.45, 2.75) is 0 Å². The molecule has 0 aromatic heterocycles. The van der Waals surface area contributed by atoms with Crippen molar-refractivity contribution in [1.29, 1.82) is 0 Å². The van der Waals surface area contributed by atoms with Crippen molar-refractivity contribution in [3.63, 3.8) is 0 Å². The van der Waals surface area contributed by atoms with E-state index in [2.05, 4.69) is 53.1 Å². The van der Waals surface area contributed by atoms with E-state index in [0.29, 0.717) is 0 Å². The van der Waals surface area contributed by atoms with E-state index in [1.807, 2.05) is 0 Å². The summed E-state index contributed by atoms with van der Waals surface area (Å²) in [6, 6.07) is 0. The summed E-state index contributed by atoms with van der Waals surface area (Å²) in [7, 11) is 1.56. The molecule has 0 atom stereocenters. The van der Waals surface area contributed by atoms with Crippen LogP contribution in [-0.2, 0) is 74.8 Å². The van der Waals surface area contributed by atoms with Gasteiger partial charge in [0.15, 0.2) is 0 Å². The fourth-order valence-corrected chi connectivity index (χ4v) is 3.00. The predicted octanol–water partition coefficient (Wildman–Crippen LogP) is -5.12. The zero-order valence-electron chi connectivity index (χ0n) is 21.0. The number of rotatable bonds is 12. The van der Waals surface area contributed by atoms with E-state index in [0.717, 1.165) is 0 Å².